The van der Waals surface area contributed by atoms with Crippen molar-refractivity contribution in [2.45, 2.75) is 51.5 Å². The van der Waals surface area contributed by atoms with Crippen LogP contribution >= 0.6 is 0 Å². The van der Waals surface area contributed by atoms with Crippen molar-refractivity contribution in [3.63, 3.8) is 0 Å². The molecule has 1 fully saturated rings. The molecule has 0 radical (unpaired) electrons. The number of anilines is 1. The molecule has 3 aromatic rings. The first-order valence-electron chi connectivity index (χ1n) is 12.8. The van der Waals surface area contributed by atoms with E-state index in [9.17, 15) is 9.59 Å². The van der Waals surface area contributed by atoms with Crippen LogP contribution in [0.4, 0.5) is 5.82 Å². The minimum absolute atomic E-state index is 0.0646. The molecule has 1 aromatic heterocycles. The van der Waals surface area contributed by atoms with Crippen molar-refractivity contribution in [2.75, 3.05) is 18.4 Å². The van der Waals surface area contributed by atoms with Crippen molar-refractivity contribution in [3.8, 4) is 0 Å². The van der Waals surface area contributed by atoms with Crippen LogP contribution in [-0.4, -0.2) is 39.5 Å². The van der Waals surface area contributed by atoms with E-state index in [1.165, 1.54) is 17.7 Å². The van der Waals surface area contributed by atoms with Crippen molar-refractivity contribution in [3.05, 3.63) is 82.5 Å². The summed E-state index contributed by atoms with van der Waals surface area (Å²) in [6.45, 7) is 3.84. The average molecular weight is 471 g/mol. The number of likely N-dealkylation sites (tertiary alicyclic amines) is 1. The van der Waals surface area contributed by atoms with Gasteiger partial charge in [0, 0.05) is 41.4 Å². The molecule has 2 aliphatic rings. The Hall–Kier alpha value is -3.25. The van der Waals surface area contributed by atoms with Crippen molar-refractivity contribution < 1.29 is 9.59 Å². The van der Waals surface area contributed by atoms with Crippen LogP contribution in [0.5, 0.6) is 0 Å². The molecule has 0 spiro atoms. The third-order valence-corrected chi connectivity index (χ3v) is 7.76. The molecule has 0 saturated carbocycles. The molecular formula is C29H34N4O2. The summed E-state index contributed by atoms with van der Waals surface area (Å²) in [6, 6.07) is 17.6. The Labute approximate surface area is 207 Å². The summed E-state index contributed by atoms with van der Waals surface area (Å²) < 4.78 is 1.92. The molecule has 1 aliphatic carbocycles. The third kappa shape index (κ3) is 4.80. The first kappa shape index (κ1) is 23.5. The van der Waals surface area contributed by atoms with Crippen molar-refractivity contribution in [1.82, 2.24) is 14.7 Å². The van der Waals surface area contributed by atoms with E-state index >= 15 is 0 Å². The summed E-state index contributed by atoms with van der Waals surface area (Å²) in [5.74, 6) is 0.911. The fraction of sp³-hybridized carbons (Fsp3) is 0.414. The van der Waals surface area contributed by atoms with E-state index in [1.807, 2.05) is 60.3 Å². The second-order valence-electron chi connectivity index (χ2n) is 9.86. The summed E-state index contributed by atoms with van der Waals surface area (Å²) in [6.07, 6.45) is 5.98. The maximum Gasteiger partial charge on any atom is 0.257 e. The number of fused-ring (bicyclic) bond motifs is 1. The minimum Gasteiger partial charge on any atom is -0.305 e. The SMILES string of the molecule is CC(c1ccccc1C(=O)Nc1nn(C)c2c1CCCC2)N1CCC(C(=O)c2ccccc2)CC1. The molecule has 1 atom stereocenters. The molecule has 5 rings (SSSR count). The number of carbonyl (C=O) groups is 2. The van der Waals surface area contributed by atoms with E-state index < -0.39 is 0 Å². The lowest BCUT2D eigenvalue weighted by molar-refractivity contribution is 0.0801. The van der Waals surface area contributed by atoms with E-state index in [-0.39, 0.29) is 23.7 Å². The number of nitrogens with zero attached hydrogens (tertiary/aromatic N) is 3. The highest BCUT2D eigenvalue weighted by molar-refractivity contribution is 6.05. The maximum atomic E-state index is 13.4. The summed E-state index contributed by atoms with van der Waals surface area (Å²) >= 11 is 0. The molecule has 1 saturated heterocycles. The number of hydrogen-bond acceptors (Lipinski definition) is 4. The predicted molar refractivity (Wildman–Crippen MR) is 138 cm³/mol. The first-order chi connectivity index (χ1) is 17.0. The van der Waals surface area contributed by atoms with Crippen LogP contribution in [0.25, 0.3) is 0 Å². The third-order valence-electron chi connectivity index (χ3n) is 7.76. The first-order valence-corrected chi connectivity index (χ1v) is 12.8. The lowest BCUT2D eigenvalue weighted by Crippen LogP contribution is -2.38. The van der Waals surface area contributed by atoms with Gasteiger partial charge in [0.05, 0.1) is 0 Å². The molecule has 0 bridgehead atoms. The molecular weight excluding hydrogens is 436 g/mol. The quantitative estimate of drug-likeness (QED) is 0.503. The van der Waals surface area contributed by atoms with Crippen LogP contribution in [0.2, 0.25) is 0 Å². The Morgan fingerprint density at radius 3 is 2.43 bits per heavy atom. The number of rotatable bonds is 6. The molecule has 1 unspecified atom stereocenters. The maximum absolute atomic E-state index is 13.4. The largest absolute Gasteiger partial charge is 0.305 e. The monoisotopic (exact) mass is 470 g/mol. The van der Waals surface area contributed by atoms with Gasteiger partial charge in [-0.2, -0.15) is 5.10 Å². The summed E-state index contributed by atoms with van der Waals surface area (Å²) in [7, 11) is 1.96. The van der Waals surface area contributed by atoms with Gasteiger partial charge in [-0.25, -0.2) is 0 Å². The Bertz CT molecular complexity index is 1210. The fourth-order valence-corrected chi connectivity index (χ4v) is 5.70. The number of nitrogens with one attached hydrogen (secondary N) is 1. The van der Waals surface area contributed by atoms with Gasteiger partial charge in [0.25, 0.3) is 5.91 Å². The van der Waals surface area contributed by atoms with Gasteiger partial charge in [0.1, 0.15) is 0 Å². The van der Waals surface area contributed by atoms with Gasteiger partial charge < -0.3 is 5.32 Å². The van der Waals surface area contributed by atoms with E-state index in [2.05, 4.69) is 28.3 Å². The zero-order valence-electron chi connectivity index (χ0n) is 20.7. The topological polar surface area (TPSA) is 67.2 Å². The number of benzene rings is 2. The normalized spacial score (nSPS) is 17.5. The highest BCUT2D eigenvalue weighted by atomic mass is 16.1. The molecule has 35 heavy (non-hydrogen) atoms. The Morgan fingerprint density at radius 1 is 0.971 bits per heavy atom. The fourth-order valence-electron chi connectivity index (χ4n) is 5.70. The van der Waals surface area contributed by atoms with Gasteiger partial charge in [-0.3, -0.25) is 19.2 Å². The second-order valence-corrected chi connectivity index (χ2v) is 9.86. The Kier molecular flexibility index (Phi) is 6.82. The molecule has 2 heterocycles. The molecule has 1 N–H and O–H groups in total. The van der Waals surface area contributed by atoms with Crippen LogP contribution in [-0.2, 0) is 19.9 Å². The summed E-state index contributed by atoms with van der Waals surface area (Å²) in [5.41, 5.74) is 4.93. The van der Waals surface area contributed by atoms with E-state index in [0.717, 1.165) is 56.3 Å². The number of aryl methyl sites for hydroxylation is 1. The molecule has 2 aromatic carbocycles. The number of carbonyl (C=O) groups excluding carboxylic acids is 2. The van der Waals surface area contributed by atoms with Crippen LogP contribution < -0.4 is 5.32 Å². The summed E-state index contributed by atoms with van der Waals surface area (Å²) in [4.78, 5) is 28.7. The number of amides is 1. The van der Waals surface area contributed by atoms with Gasteiger partial charge in [0.15, 0.2) is 11.6 Å². The second kappa shape index (κ2) is 10.2. The minimum atomic E-state index is -0.104. The van der Waals surface area contributed by atoms with Crippen molar-refractivity contribution >= 4 is 17.5 Å². The van der Waals surface area contributed by atoms with E-state index in [4.69, 9.17) is 0 Å². The number of piperidine rings is 1. The number of aromatic nitrogens is 2. The van der Waals surface area contributed by atoms with Crippen molar-refractivity contribution in [1.29, 1.82) is 0 Å². The number of Topliss-reactive ketones (excluding diaryl/α,β-unsaturated/α-hetero) is 1. The summed E-state index contributed by atoms with van der Waals surface area (Å²) in [5, 5.41) is 7.73. The zero-order chi connectivity index (χ0) is 24.4. The highest BCUT2D eigenvalue weighted by Crippen LogP contribution is 2.31. The molecule has 1 amide bonds. The molecule has 182 valence electrons. The lowest BCUT2D eigenvalue weighted by atomic mass is 9.87. The van der Waals surface area contributed by atoms with Gasteiger partial charge in [0.2, 0.25) is 0 Å². The smallest absolute Gasteiger partial charge is 0.257 e. The van der Waals surface area contributed by atoms with Crippen LogP contribution in [0.15, 0.2) is 54.6 Å². The average Bonchev–Trinajstić information content (AvgIpc) is 3.23. The Morgan fingerprint density at radius 2 is 1.66 bits per heavy atom. The molecule has 1 aliphatic heterocycles. The van der Waals surface area contributed by atoms with Gasteiger partial charge in [-0.15, -0.1) is 0 Å². The highest BCUT2D eigenvalue weighted by Gasteiger charge is 2.30. The van der Waals surface area contributed by atoms with Gasteiger partial charge in [-0.1, -0.05) is 48.5 Å². The van der Waals surface area contributed by atoms with Gasteiger partial charge in [-0.05, 0) is 70.2 Å². The van der Waals surface area contributed by atoms with Crippen molar-refractivity contribution in [2.24, 2.45) is 13.0 Å². The molecule has 6 heteroatoms. The lowest BCUT2D eigenvalue weighted by Gasteiger charge is -2.36. The van der Waals surface area contributed by atoms with Crippen LogP contribution in [0, 0.1) is 5.92 Å². The van der Waals surface area contributed by atoms with E-state index in [1.54, 1.807) is 0 Å². The van der Waals surface area contributed by atoms with E-state index in [0.29, 0.717) is 11.4 Å². The molecule has 6 nitrogen and oxygen atoms in total. The van der Waals surface area contributed by atoms with Crippen LogP contribution in [0.3, 0.4) is 0 Å². The van der Waals surface area contributed by atoms with Crippen LogP contribution in [0.1, 0.15) is 76.2 Å². The number of ketones is 1. The standard InChI is InChI=1S/C29H34N4O2/c1-20(33-18-16-22(17-19-33)27(34)21-10-4-3-5-11-21)23-12-6-7-13-24(23)29(35)30-28-25-14-8-9-15-26(25)32(2)31-28/h3-7,10-13,20,22H,8-9,14-19H2,1-2H3,(H,30,31,35). The Balaban J connectivity index is 1.28. The number of hydrogen-bond donors (Lipinski definition) is 1. The zero-order valence-corrected chi connectivity index (χ0v) is 20.7. The predicted octanol–water partition coefficient (Wildman–Crippen LogP) is 5.21. The van der Waals surface area contributed by atoms with Gasteiger partial charge >= 0.3 is 0 Å².